The summed E-state index contributed by atoms with van der Waals surface area (Å²) in [6, 6.07) is 27.3. The first-order chi connectivity index (χ1) is 15.3. The summed E-state index contributed by atoms with van der Waals surface area (Å²) in [6.45, 7) is 7.83. The molecule has 0 saturated heterocycles. The zero-order valence-corrected chi connectivity index (χ0v) is 18.6. The fraction of sp³-hybridized carbons (Fsp3) is 0.286. The first kappa shape index (κ1) is 21.2. The lowest BCUT2D eigenvalue weighted by Gasteiger charge is -2.21. The van der Waals surface area contributed by atoms with E-state index in [0.29, 0.717) is 0 Å². The Labute approximate surface area is 185 Å². The maximum Gasteiger partial charge on any atom is 0.0973 e. The van der Waals surface area contributed by atoms with Gasteiger partial charge in [-0.05, 0) is 43.6 Å². The molecule has 4 aromatic rings. The van der Waals surface area contributed by atoms with Crippen LogP contribution in [-0.4, -0.2) is 28.0 Å². The number of fused-ring (bicyclic) bond motifs is 1. The average Bonchev–Trinajstić information content (AvgIpc) is 2.83. The van der Waals surface area contributed by atoms with Gasteiger partial charge in [0.05, 0.1) is 22.4 Å². The van der Waals surface area contributed by atoms with Gasteiger partial charge >= 0.3 is 0 Å². The molecular weight excluding hydrogens is 378 g/mol. The van der Waals surface area contributed by atoms with Gasteiger partial charge in [-0.1, -0.05) is 87.0 Å². The minimum atomic E-state index is 0.924. The van der Waals surface area contributed by atoms with Gasteiger partial charge < -0.3 is 0 Å². The third-order valence-electron chi connectivity index (χ3n) is 5.62. The molecule has 0 atom stereocenters. The molecular formula is C28H31N3. The molecule has 0 amide bonds. The number of unbranched alkanes of at least 4 members (excludes halogenated alkanes) is 1. The SMILES string of the molecule is CCCCN(CCC)Cc1ccc(-c2nc3ccccc3nc2-c2ccccc2)cc1. The van der Waals surface area contributed by atoms with Crippen molar-refractivity contribution >= 4 is 11.0 Å². The van der Waals surface area contributed by atoms with Crippen LogP contribution in [-0.2, 0) is 6.54 Å². The summed E-state index contributed by atoms with van der Waals surface area (Å²) < 4.78 is 0. The Morgan fingerprint density at radius 1 is 0.613 bits per heavy atom. The van der Waals surface area contributed by atoms with Crippen LogP contribution in [0.2, 0.25) is 0 Å². The van der Waals surface area contributed by atoms with Gasteiger partial charge in [0.2, 0.25) is 0 Å². The van der Waals surface area contributed by atoms with Gasteiger partial charge in [-0.25, -0.2) is 9.97 Å². The molecule has 31 heavy (non-hydrogen) atoms. The summed E-state index contributed by atoms with van der Waals surface area (Å²) in [5.74, 6) is 0. The van der Waals surface area contributed by atoms with Gasteiger partial charge in [0.1, 0.15) is 0 Å². The molecule has 0 radical (unpaired) electrons. The minimum absolute atomic E-state index is 0.924. The van der Waals surface area contributed by atoms with Crippen molar-refractivity contribution in [2.24, 2.45) is 0 Å². The fourth-order valence-electron chi connectivity index (χ4n) is 3.99. The van der Waals surface area contributed by atoms with Crippen molar-refractivity contribution in [1.29, 1.82) is 0 Å². The second-order valence-electron chi connectivity index (χ2n) is 8.10. The Morgan fingerprint density at radius 2 is 1.19 bits per heavy atom. The first-order valence-electron chi connectivity index (χ1n) is 11.4. The molecule has 0 aliphatic carbocycles. The predicted molar refractivity (Wildman–Crippen MR) is 131 cm³/mol. The molecule has 0 N–H and O–H groups in total. The van der Waals surface area contributed by atoms with E-state index in [0.717, 1.165) is 46.6 Å². The van der Waals surface area contributed by atoms with Gasteiger partial charge in [0.25, 0.3) is 0 Å². The largest absolute Gasteiger partial charge is 0.299 e. The zero-order valence-electron chi connectivity index (χ0n) is 18.6. The van der Waals surface area contributed by atoms with Crippen LogP contribution >= 0.6 is 0 Å². The highest BCUT2D eigenvalue weighted by Crippen LogP contribution is 2.31. The van der Waals surface area contributed by atoms with Gasteiger partial charge in [0, 0.05) is 17.7 Å². The van der Waals surface area contributed by atoms with Crippen LogP contribution in [0.5, 0.6) is 0 Å². The Kier molecular flexibility index (Phi) is 7.06. The van der Waals surface area contributed by atoms with E-state index in [1.165, 1.54) is 31.4 Å². The summed E-state index contributed by atoms with van der Waals surface area (Å²) in [5.41, 5.74) is 7.27. The highest BCUT2D eigenvalue weighted by atomic mass is 15.1. The summed E-state index contributed by atoms with van der Waals surface area (Å²) in [5, 5.41) is 0. The predicted octanol–water partition coefficient (Wildman–Crippen LogP) is 6.98. The molecule has 1 aromatic heterocycles. The van der Waals surface area contributed by atoms with Crippen LogP contribution in [0.15, 0.2) is 78.9 Å². The Morgan fingerprint density at radius 3 is 1.77 bits per heavy atom. The lowest BCUT2D eigenvalue weighted by Crippen LogP contribution is -2.25. The van der Waals surface area contributed by atoms with Crippen molar-refractivity contribution in [3.63, 3.8) is 0 Å². The molecule has 3 heteroatoms. The maximum atomic E-state index is 5.01. The van der Waals surface area contributed by atoms with E-state index < -0.39 is 0 Å². The van der Waals surface area contributed by atoms with Crippen LogP contribution in [0.4, 0.5) is 0 Å². The van der Waals surface area contributed by atoms with E-state index in [1.54, 1.807) is 0 Å². The van der Waals surface area contributed by atoms with Crippen molar-refractivity contribution in [2.45, 2.75) is 39.7 Å². The molecule has 0 saturated carbocycles. The number of benzene rings is 3. The number of hydrogen-bond acceptors (Lipinski definition) is 3. The van der Waals surface area contributed by atoms with E-state index in [-0.39, 0.29) is 0 Å². The second kappa shape index (κ2) is 10.3. The molecule has 1 heterocycles. The Hall–Kier alpha value is -3.04. The smallest absolute Gasteiger partial charge is 0.0973 e. The first-order valence-corrected chi connectivity index (χ1v) is 11.4. The van der Waals surface area contributed by atoms with Crippen LogP contribution in [0.3, 0.4) is 0 Å². The molecule has 0 fully saturated rings. The van der Waals surface area contributed by atoms with Crippen molar-refractivity contribution in [3.8, 4) is 22.5 Å². The molecule has 0 bridgehead atoms. The maximum absolute atomic E-state index is 5.01. The molecule has 3 nitrogen and oxygen atoms in total. The van der Waals surface area contributed by atoms with E-state index in [4.69, 9.17) is 9.97 Å². The molecule has 3 aromatic carbocycles. The van der Waals surface area contributed by atoms with Gasteiger partial charge in [-0.2, -0.15) is 0 Å². The quantitative estimate of drug-likeness (QED) is 0.299. The molecule has 4 rings (SSSR count). The molecule has 0 aliphatic heterocycles. The molecule has 0 spiro atoms. The highest BCUT2D eigenvalue weighted by Gasteiger charge is 2.13. The number of nitrogens with zero attached hydrogens (tertiary/aromatic N) is 3. The Bertz CT molecular complexity index is 1100. The minimum Gasteiger partial charge on any atom is -0.299 e. The second-order valence-corrected chi connectivity index (χ2v) is 8.10. The van der Waals surface area contributed by atoms with Gasteiger partial charge in [-0.15, -0.1) is 0 Å². The zero-order chi connectivity index (χ0) is 21.5. The number of hydrogen-bond donors (Lipinski definition) is 0. The standard InChI is InChI=1S/C28H31N3/c1-3-5-20-31(19-4-2)21-22-15-17-24(18-16-22)28-27(23-11-7-6-8-12-23)29-25-13-9-10-14-26(25)30-28/h6-18H,3-5,19-21H2,1-2H3. The molecule has 0 aliphatic rings. The normalized spacial score (nSPS) is 11.3. The topological polar surface area (TPSA) is 29.0 Å². The lowest BCUT2D eigenvalue weighted by atomic mass is 10.0. The summed E-state index contributed by atoms with van der Waals surface area (Å²) in [6.07, 6.45) is 3.68. The van der Waals surface area contributed by atoms with Crippen molar-refractivity contribution in [3.05, 3.63) is 84.4 Å². The number of rotatable bonds is 9. The third-order valence-corrected chi connectivity index (χ3v) is 5.62. The average molecular weight is 410 g/mol. The Balaban J connectivity index is 1.68. The van der Waals surface area contributed by atoms with E-state index in [2.05, 4.69) is 67.3 Å². The van der Waals surface area contributed by atoms with Crippen molar-refractivity contribution in [2.75, 3.05) is 13.1 Å². The summed E-state index contributed by atoms with van der Waals surface area (Å²) in [4.78, 5) is 12.5. The van der Waals surface area contributed by atoms with Crippen LogP contribution in [0.25, 0.3) is 33.5 Å². The summed E-state index contributed by atoms with van der Waals surface area (Å²) in [7, 11) is 0. The summed E-state index contributed by atoms with van der Waals surface area (Å²) >= 11 is 0. The van der Waals surface area contributed by atoms with E-state index >= 15 is 0 Å². The van der Waals surface area contributed by atoms with Crippen LogP contribution in [0, 0.1) is 0 Å². The van der Waals surface area contributed by atoms with Gasteiger partial charge in [-0.3, -0.25) is 4.90 Å². The molecule has 0 unspecified atom stereocenters. The van der Waals surface area contributed by atoms with Crippen molar-refractivity contribution in [1.82, 2.24) is 14.9 Å². The fourth-order valence-corrected chi connectivity index (χ4v) is 3.99. The van der Waals surface area contributed by atoms with Crippen LogP contribution < -0.4 is 0 Å². The van der Waals surface area contributed by atoms with Crippen LogP contribution in [0.1, 0.15) is 38.7 Å². The van der Waals surface area contributed by atoms with E-state index in [9.17, 15) is 0 Å². The highest BCUT2D eigenvalue weighted by molar-refractivity contribution is 5.86. The number of para-hydroxylation sites is 2. The van der Waals surface area contributed by atoms with Gasteiger partial charge in [0.15, 0.2) is 0 Å². The third kappa shape index (κ3) is 5.18. The molecule has 158 valence electrons. The monoisotopic (exact) mass is 409 g/mol. The van der Waals surface area contributed by atoms with E-state index in [1.807, 2.05) is 30.3 Å². The lowest BCUT2D eigenvalue weighted by molar-refractivity contribution is 0.262. The number of aromatic nitrogens is 2. The van der Waals surface area contributed by atoms with Crippen molar-refractivity contribution < 1.29 is 0 Å².